The van der Waals surface area contributed by atoms with E-state index in [4.69, 9.17) is 0 Å². The highest BCUT2D eigenvalue weighted by Crippen LogP contribution is 2.74. The van der Waals surface area contributed by atoms with Gasteiger partial charge in [0.05, 0.1) is 12.2 Å². The van der Waals surface area contributed by atoms with Crippen LogP contribution >= 0.6 is 0 Å². The van der Waals surface area contributed by atoms with E-state index in [9.17, 15) is 10.2 Å². The van der Waals surface area contributed by atoms with Crippen LogP contribution in [0.15, 0.2) is 0 Å². The van der Waals surface area contributed by atoms with Crippen molar-refractivity contribution in [2.75, 3.05) is 0 Å². The molecule has 4 saturated carbocycles. The zero-order valence-corrected chi connectivity index (χ0v) is 15.0. The fraction of sp³-hybridized carbons (Fsp3) is 1.00. The van der Waals surface area contributed by atoms with Crippen molar-refractivity contribution in [2.24, 2.45) is 45.8 Å². The molecule has 22 heavy (non-hydrogen) atoms. The predicted octanol–water partition coefficient (Wildman–Crippen LogP) is 3.85. The molecule has 2 heteroatoms. The average Bonchev–Trinajstić information content (AvgIpc) is 2.91. The topological polar surface area (TPSA) is 40.5 Å². The number of hydrogen-bond donors (Lipinski definition) is 2. The normalized spacial score (nSPS) is 63.3. The van der Waals surface area contributed by atoms with Crippen LogP contribution in [0.25, 0.3) is 0 Å². The summed E-state index contributed by atoms with van der Waals surface area (Å²) in [6.07, 6.45) is 5.35. The molecule has 0 amide bonds. The number of aliphatic hydroxyl groups excluding tert-OH is 2. The third-order valence-corrected chi connectivity index (χ3v) is 8.90. The molecule has 0 aromatic carbocycles. The highest BCUT2D eigenvalue weighted by molar-refractivity contribution is 5.20. The Morgan fingerprint density at radius 2 is 1.59 bits per heavy atom. The smallest absolute Gasteiger partial charge is 0.0632 e. The molecule has 0 aromatic rings. The maximum atomic E-state index is 11.3. The second-order valence-corrected chi connectivity index (χ2v) is 10.4. The van der Waals surface area contributed by atoms with Crippen LogP contribution in [0.5, 0.6) is 0 Å². The van der Waals surface area contributed by atoms with Crippen LogP contribution in [0.2, 0.25) is 0 Å². The summed E-state index contributed by atoms with van der Waals surface area (Å²) in [4.78, 5) is 0. The van der Waals surface area contributed by atoms with Gasteiger partial charge in [-0.25, -0.2) is 0 Å². The van der Waals surface area contributed by atoms with Crippen LogP contribution in [-0.2, 0) is 0 Å². The summed E-state index contributed by atoms with van der Waals surface area (Å²) in [7, 11) is 0. The molecular weight excluding hydrogens is 272 g/mol. The van der Waals surface area contributed by atoms with E-state index in [1.165, 1.54) is 19.3 Å². The lowest BCUT2D eigenvalue weighted by Crippen LogP contribution is -2.60. The van der Waals surface area contributed by atoms with Gasteiger partial charge < -0.3 is 10.2 Å². The Morgan fingerprint density at radius 1 is 0.909 bits per heavy atom. The lowest BCUT2D eigenvalue weighted by molar-refractivity contribution is -0.191. The van der Waals surface area contributed by atoms with E-state index in [1.807, 2.05) is 0 Å². The lowest BCUT2D eigenvalue weighted by Gasteiger charge is -2.60. The van der Waals surface area contributed by atoms with E-state index in [0.717, 1.165) is 12.8 Å². The molecule has 126 valence electrons. The van der Waals surface area contributed by atoms with Crippen molar-refractivity contribution >= 4 is 0 Å². The second kappa shape index (κ2) is 4.30. The van der Waals surface area contributed by atoms with Crippen LogP contribution in [0, 0.1) is 45.8 Å². The van der Waals surface area contributed by atoms with Gasteiger partial charge in [-0.2, -0.15) is 0 Å². The molecule has 0 radical (unpaired) electrons. The van der Waals surface area contributed by atoms with Gasteiger partial charge in [0.1, 0.15) is 0 Å². The first kappa shape index (κ1) is 15.4. The molecular formula is C20H34O2. The Bertz CT molecular complexity index is 488. The molecule has 0 bridgehead atoms. The lowest BCUT2D eigenvalue weighted by atomic mass is 9.46. The molecule has 4 aliphatic carbocycles. The summed E-state index contributed by atoms with van der Waals surface area (Å²) in [5, 5.41) is 22.3. The summed E-state index contributed by atoms with van der Waals surface area (Å²) >= 11 is 0. The van der Waals surface area contributed by atoms with E-state index < -0.39 is 0 Å². The van der Waals surface area contributed by atoms with E-state index in [1.54, 1.807) is 0 Å². The number of hydrogen-bond acceptors (Lipinski definition) is 2. The van der Waals surface area contributed by atoms with Crippen molar-refractivity contribution < 1.29 is 10.2 Å². The fourth-order valence-electron chi connectivity index (χ4n) is 7.28. The maximum absolute atomic E-state index is 11.3. The van der Waals surface area contributed by atoms with Gasteiger partial charge in [-0.05, 0) is 77.9 Å². The Morgan fingerprint density at radius 3 is 2.23 bits per heavy atom. The van der Waals surface area contributed by atoms with Crippen molar-refractivity contribution in [1.29, 1.82) is 0 Å². The van der Waals surface area contributed by atoms with Crippen molar-refractivity contribution in [2.45, 2.75) is 78.9 Å². The molecule has 0 aromatic heterocycles. The second-order valence-electron chi connectivity index (χ2n) is 10.4. The van der Waals surface area contributed by atoms with Crippen LogP contribution in [0.1, 0.15) is 66.7 Å². The summed E-state index contributed by atoms with van der Waals surface area (Å²) in [6.45, 7) is 11.7. The van der Waals surface area contributed by atoms with Crippen LogP contribution in [-0.4, -0.2) is 22.4 Å². The minimum atomic E-state index is -0.183. The van der Waals surface area contributed by atoms with E-state index in [0.29, 0.717) is 29.6 Å². The Kier molecular flexibility index (Phi) is 3.02. The average molecular weight is 306 g/mol. The zero-order chi connectivity index (χ0) is 16.1. The van der Waals surface area contributed by atoms with Gasteiger partial charge in [-0.15, -0.1) is 0 Å². The summed E-state index contributed by atoms with van der Waals surface area (Å²) in [6, 6.07) is 0. The van der Waals surface area contributed by atoms with Crippen molar-refractivity contribution in [3.63, 3.8) is 0 Å². The van der Waals surface area contributed by atoms with Crippen molar-refractivity contribution in [3.8, 4) is 0 Å². The first-order chi connectivity index (χ1) is 10.1. The van der Waals surface area contributed by atoms with Crippen molar-refractivity contribution in [1.82, 2.24) is 0 Å². The van der Waals surface area contributed by atoms with Gasteiger partial charge in [0.15, 0.2) is 0 Å². The zero-order valence-electron chi connectivity index (χ0n) is 15.0. The Hall–Kier alpha value is -0.0800. The third kappa shape index (κ3) is 1.69. The quantitative estimate of drug-likeness (QED) is 0.772. The van der Waals surface area contributed by atoms with Gasteiger partial charge >= 0.3 is 0 Å². The largest absolute Gasteiger partial charge is 0.393 e. The molecule has 0 spiro atoms. The molecule has 0 saturated heterocycles. The first-order valence-corrected chi connectivity index (χ1v) is 9.50. The van der Waals surface area contributed by atoms with Gasteiger partial charge in [-0.1, -0.05) is 34.6 Å². The van der Waals surface area contributed by atoms with E-state index >= 15 is 0 Å². The maximum Gasteiger partial charge on any atom is 0.0632 e. The Labute approximate surface area is 135 Å². The summed E-state index contributed by atoms with van der Waals surface area (Å²) in [5.74, 6) is 2.89. The monoisotopic (exact) mass is 306 g/mol. The standard InChI is InChI=1S/C20H34O2/c1-11(2)13-6-7-19(4)14(21)10-18(3)8-12-9-20(12,5)17(22)16(18)15(13)19/h11-17,21-22H,6-10H2,1-5H3/t12-,13-,14+,15-,16-,17-,18+,19+,20+/m0/s1. The molecule has 0 heterocycles. The molecule has 4 aliphatic rings. The van der Waals surface area contributed by atoms with Gasteiger partial charge in [-0.3, -0.25) is 0 Å². The molecule has 4 rings (SSSR count). The molecule has 0 unspecified atom stereocenters. The van der Waals surface area contributed by atoms with Crippen molar-refractivity contribution in [3.05, 3.63) is 0 Å². The minimum absolute atomic E-state index is 0.0260. The number of rotatable bonds is 1. The van der Waals surface area contributed by atoms with Crippen LogP contribution in [0.4, 0.5) is 0 Å². The molecule has 0 aliphatic heterocycles. The number of aliphatic hydroxyl groups is 2. The van der Waals surface area contributed by atoms with Gasteiger partial charge in [0, 0.05) is 0 Å². The summed E-state index contributed by atoms with van der Waals surface area (Å²) in [5.41, 5.74) is 0.344. The highest BCUT2D eigenvalue weighted by atomic mass is 16.3. The van der Waals surface area contributed by atoms with E-state index in [2.05, 4.69) is 34.6 Å². The highest BCUT2D eigenvalue weighted by Gasteiger charge is 2.71. The first-order valence-electron chi connectivity index (χ1n) is 9.50. The SMILES string of the molecule is CC(C)[C@@H]1CC[C@@]2(C)[C@@H]1[C@H]1[C@H](O)[C@]3(C)C[C@@H]3C[C@]1(C)C[C@H]2O. The molecule has 4 fully saturated rings. The number of fused-ring (bicyclic) bond motifs is 4. The molecule has 2 nitrogen and oxygen atoms in total. The summed E-state index contributed by atoms with van der Waals surface area (Å²) < 4.78 is 0. The predicted molar refractivity (Wildman–Crippen MR) is 88.2 cm³/mol. The van der Waals surface area contributed by atoms with E-state index in [-0.39, 0.29) is 28.5 Å². The molecule has 9 atom stereocenters. The Balaban J connectivity index is 1.79. The molecule has 2 N–H and O–H groups in total. The fourth-order valence-corrected chi connectivity index (χ4v) is 7.28. The van der Waals surface area contributed by atoms with Gasteiger partial charge in [0.2, 0.25) is 0 Å². The minimum Gasteiger partial charge on any atom is -0.393 e. The third-order valence-electron chi connectivity index (χ3n) is 8.90. The van der Waals surface area contributed by atoms with Crippen LogP contribution < -0.4 is 0 Å². The van der Waals surface area contributed by atoms with Gasteiger partial charge in [0.25, 0.3) is 0 Å². The van der Waals surface area contributed by atoms with Crippen LogP contribution in [0.3, 0.4) is 0 Å².